The maximum Gasteiger partial charge on any atom is 0.327 e. The van der Waals surface area contributed by atoms with Crippen LogP contribution in [0.25, 0.3) is 0 Å². The molecule has 8 nitrogen and oxygen atoms in total. The number of hydrogen-bond acceptors (Lipinski definition) is 4. The fourth-order valence-corrected chi connectivity index (χ4v) is 2.64. The van der Waals surface area contributed by atoms with Gasteiger partial charge in [-0.1, -0.05) is 0 Å². The predicted molar refractivity (Wildman–Crippen MR) is 83.8 cm³/mol. The number of imide groups is 1. The summed E-state index contributed by atoms with van der Waals surface area (Å²) in [6.07, 6.45) is 1.63. The molecule has 0 unspecified atom stereocenters. The number of aromatic amines is 1. The molecule has 0 atom stereocenters. The quantitative estimate of drug-likeness (QED) is 0.764. The number of carbonyl (C=O) groups excluding carboxylic acids is 3. The summed E-state index contributed by atoms with van der Waals surface area (Å²) in [7, 11) is 3.23. The lowest BCUT2D eigenvalue weighted by atomic mass is 10.1. The lowest BCUT2D eigenvalue weighted by Gasteiger charge is -2.20. The Kier molecular flexibility index (Phi) is 5.02. The number of likely N-dealkylation sites (N-methyl/N-ethyl adjacent to an activating group) is 2. The summed E-state index contributed by atoms with van der Waals surface area (Å²) in [4.78, 5) is 39.5. The first kappa shape index (κ1) is 17.0. The third-order valence-electron chi connectivity index (χ3n) is 4.15. The van der Waals surface area contributed by atoms with Gasteiger partial charge in [0.2, 0.25) is 5.91 Å². The van der Waals surface area contributed by atoms with Crippen molar-refractivity contribution < 1.29 is 14.4 Å². The summed E-state index contributed by atoms with van der Waals surface area (Å²) < 4.78 is 0. The molecule has 1 aliphatic heterocycles. The van der Waals surface area contributed by atoms with Crippen LogP contribution in [-0.4, -0.2) is 76.5 Å². The highest BCUT2D eigenvalue weighted by Crippen LogP contribution is 2.12. The number of hydrogen-bond donors (Lipinski definition) is 1. The van der Waals surface area contributed by atoms with Crippen LogP contribution in [-0.2, 0) is 16.0 Å². The summed E-state index contributed by atoms with van der Waals surface area (Å²) in [5.41, 5.74) is 3.21. The van der Waals surface area contributed by atoms with Gasteiger partial charge in [-0.3, -0.25) is 19.6 Å². The maximum atomic E-state index is 12.2. The Balaban J connectivity index is 1.81. The maximum absolute atomic E-state index is 12.2. The summed E-state index contributed by atoms with van der Waals surface area (Å²) in [5.74, 6) is -0.563. The molecule has 1 saturated heterocycles. The Morgan fingerprint density at radius 3 is 2.57 bits per heavy atom. The Hall–Kier alpha value is -2.38. The van der Waals surface area contributed by atoms with Crippen molar-refractivity contribution in [2.45, 2.75) is 26.7 Å². The number of nitrogens with zero attached hydrogens (tertiary/aromatic N) is 4. The fraction of sp³-hybridized carbons (Fsp3) is 0.600. The van der Waals surface area contributed by atoms with Gasteiger partial charge in [-0.05, 0) is 32.3 Å². The van der Waals surface area contributed by atoms with Crippen LogP contribution >= 0.6 is 0 Å². The Morgan fingerprint density at radius 1 is 1.35 bits per heavy atom. The molecule has 1 fully saturated rings. The zero-order valence-corrected chi connectivity index (χ0v) is 14.0. The van der Waals surface area contributed by atoms with Crippen LogP contribution in [0.3, 0.4) is 0 Å². The average Bonchev–Trinajstić information content (AvgIpc) is 2.94. The van der Waals surface area contributed by atoms with E-state index in [0.29, 0.717) is 6.54 Å². The van der Waals surface area contributed by atoms with Gasteiger partial charge in [0.15, 0.2) is 0 Å². The van der Waals surface area contributed by atoms with Gasteiger partial charge in [0.25, 0.3) is 5.91 Å². The number of urea groups is 1. The van der Waals surface area contributed by atoms with Gasteiger partial charge >= 0.3 is 6.03 Å². The number of aryl methyl sites for hydroxylation is 2. The molecule has 0 spiro atoms. The summed E-state index contributed by atoms with van der Waals surface area (Å²) in [6, 6.07) is -0.415. The highest BCUT2D eigenvalue weighted by atomic mass is 16.2. The first-order valence-electron chi connectivity index (χ1n) is 7.61. The Labute approximate surface area is 135 Å². The molecule has 0 saturated carbocycles. The molecule has 4 amide bonds. The van der Waals surface area contributed by atoms with E-state index in [-0.39, 0.29) is 24.9 Å². The van der Waals surface area contributed by atoms with Gasteiger partial charge in [-0.15, -0.1) is 0 Å². The van der Waals surface area contributed by atoms with Crippen LogP contribution in [0.15, 0.2) is 0 Å². The fourth-order valence-electron chi connectivity index (χ4n) is 2.64. The summed E-state index contributed by atoms with van der Waals surface area (Å²) in [5, 5.41) is 7.09. The van der Waals surface area contributed by atoms with Crippen LogP contribution in [0.1, 0.15) is 23.4 Å². The van der Waals surface area contributed by atoms with E-state index in [4.69, 9.17) is 0 Å². The van der Waals surface area contributed by atoms with E-state index >= 15 is 0 Å². The number of amides is 4. The standard InChI is InChI=1S/C15H23N5O3/c1-10-12(11(2)17-16-10)6-5-7-18(3)13(21)9-20-14(22)8-19(4)15(20)23/h5-9H2,1-4H3,(H,16,17). The first-order chi connectivity index (χ1) is 10.8. The largest absolute Gasteiger partial charge is 0.344 e. The summed E-state index contributed by atoms with van der Waals surface area (Å²) >= 11 is 0. The lowest BCUT2D eigenvalue weighted by molar-refractivity contribution is -0.135. The highest BCUT2D eigenvalue weighted by Gasteiger charge is 2.35. The zero-order chi connectivity index (χ0) is 17.1. The van der Waals surface area contributed by atoms with E-state index in [0.717, 1.165) is 29.1 Å². The predicted octanol–water partition coefficient (Wildman–Crippen LogP) is 0.312. The molecular formula is C15H23N5O3. The Morgan fingerprint density at radius 2 is 2.04 bits per heavy atom. The van der Waals surface area contributed by atoms with Crippen LogP contribution in [0.4, 0.5) is 4.79 Å². The van der Waals surface area contributed by atoms with Gasteiger partial charge in [0, 0.05) is 26.3 Å². The normalized spacial score (nSPS) is 14.8. The minimum absolute atomic E-state index is 0.0366. The van der Waals surface area contributed by atoms with Crippen molar-refractivity contribution in [3.8, 4) is 0 Å². The SMILES string of the molecule is Cc1n[nH]c(C)c1CCCN(C)C(=O)CN1C(=O)CN(C)C1=O. The molecule has 0 aliphatic carbocycles. The number of nitrogens with one attached hydrogen (secondary N) is 1. The molecule has 1 aromatic heterocycles. The molecule has 2 heterocycles. The average molecular weight is 321 g/mol. The molecule has 1 aromatic rings. The van der Waals surface area contributed by atoms with Gasteiger partial charge in [0.1, 0.15) is 13.1 Å². The second kappa shape index (κ2) is 6.80. The van der Waals surface area contributed by atoms with Crippen molar-refractivity contribution in [1.29, 1.82) is 0 Å². The summed E-state index contributed by atoms with van der Waals surface area (Å²) in [6.45, 7) is 4.34. The van der Waals surface area contributed by atoms with Crippen molar-refractivity contribution in [3.63, 3.8) is 0 Å². The molecule has 8 heteroatoms. The topological polar surface area (TPSA) is 89.6 Å². The van der Waals surface area contributed by atoms with Crippen molar-refractivity contribution in [2.24, 2.45) is 0 Å². The smallest absolute Gasteiger partial charge is 0.327 e. The Bertz CT molecular complexity index is 605. The van der Waals surface area contributed by atoms with Crippen LogP contribution in [0.2, 0.25) is 0 Å². The molecule has 0 bridgehead atoms. The minimum Gasteiger partial charge on any atom is -0.344 e. The zero-order valence-electron chi connectivity index (χ0n) is 14.0. The monoisotopic (exact) mass is 321 g/mol. The third-order valence-corrected chi connectivity index (χ3v) is 4.15. The second-order valence-electron chi connectivity index (χ2n) is 5.95. The number of carbonyl (C=O) groups is 3. The number of H-pyrrole nitrogens is 1. The highest BCUT2D eigenvalue weighted by molar-refractivity contribution is 6.04. The molecular weight excluding hydrogens is 298 g/mol. The molecule has 1 N–H and O–H groups in total. The van der Waals surface area contributed by atoms with E-state index in [9.17, 15) is 14.4 Å². The van der Waals surface area contributed by atoms with Crippen LogP contribution in [0, 0.1) is 13.8 Å². The van der Waals surface area contributed by atoms with E-state index in [1.807, 2.05) is 13.8 Å². The van der Waals surface area contributed by atoms with Crippen molar-refractivity contribution >= 4 is 17.8 Å². The van der Waals surface area contributed by atoms with Gasteiger partial charge in [0.05, 0.1) is 5.69 Å². The molecule has 0 aromatic carbocycles. The van der Waals surface area contributed by atoms with Crippen molar-refractivity contribution in [1.82, 2.24) is 24.9 Å². The molecule has 2 rings (SSSR count). The lowest BCUT2D eigenvalue weighted by Crippen LogP contribution is -2.42. The van der Waals surface area contributed by atoms with Crippen molar-refractivity contribution in [2.75, 3.05) is 33.7 Å². The first-order valence-corrected chi connectivity index (χ1v) is 7.61. The molecule has 23 heavy (non-hydrogen) atoms. The number of rotatable bonds is 6. The second-order valence-corrected chi connectivity index (χ2v) is 5.95. The molecule has 126 valence electrons. The minimum atomic E-state index is -0.415. The third kappa shape index (κ3) is 3.69. The van der Waals surface area contributed by atoms with E-state index in [1.54, 1.807) is 19.0 Å². The van der Waals surface area contributed by atoms with Gasteiger partial charge < -0.3 is 9.80 Å². The van der Waals surface area contributed by atoms with Crippen LogP contribution in [0.5, 0.6) is 0 Å². The van der Waals surface area contributed by atoms with E-state index in [1.165, 1.54) is 10.5 Å². The van der Waals surface area contributed by atoms with Crippen LogP contribution < -0.4 is 0 Å². The van der Waals surface area contributed by atoms with Crippen molar-refractivity contribution in [3.05, 3.63) is 17.0 Å². The molecule has 0 radical (unpaired) electrons. The number of aromatic nitrogens is 2. The van der Waals surface area contributed by atoms with Gasteiger partial charge in [-0.2, -0.15) is 5.10 Å². The molecule has 1 aliphatic rings. The van der Waals surface area contributed by atoms with E-state index in [2.05, 4.69) is 10.2 Å². The van der Waals surface area contributed by atoms with Gasteiger partial charge in [-0.25, -0.2) is 4.79 Å². The van der Waals surface area contributed by atoms with E-state index < -0.39 is 6.03 Å².